The summed E-state index contributed by atoms with van der Waals surface area (Å²) in [4.78, 5) is 15.5. The summed E-state index contributed by atoms with van der Waals surface area (Å²) in [5.41, 5.74) is 1.54. The van der Waals surface area contributed by atoms with Crippen LogP contribution in [0.3, 0.4) is 0 Å². The average molecular weight is 269 g/mol. The Morgan fingerprint density at radius 1 is 1.35 bits per heavy atom. The van der Waals surface area contributed by atoms with Crippen molar-refractivity contribution in [3.63, 3.8) is 0 Å². The molecule has 0 radical (unpaired) electrons. The molecular weight excluding hydrogens is 258 g/mol. The lowest BCUT2D eigenvalue weighted by Gasteiger charge is -2.04. The van der Waals surface area contributed by atoms with Crippen LogP contribution in [0.25, 0.3) is 5.52 Å². The molecule has 2 heterocycles. The van der Waals surface area contributed by atoms with Crippen LogP contribution >= 0.6 is 0 Å². The van der Waals surface area contributed by atoms with Crippen LogP contribution in [0.5, 0.6) is 5.88 Å². The lowest BCUT2D eigenvalue weighted by molar-refractivity contribution is -0.110. The molecule has 0 saturated heterocycles. The fourth-order valence-corrected chi connectivity index (χ4v) is 1.92. The van der Waals surface area contributed by atoms with Gasteiger partial charge < -0.3 is 9.84 Å². The van der Waals surface area contributed by atoms with E-state index in [1.165, 1.54) is 19.3 Å². The number of carbonyl (C=O) groups is 1. The van der Waals surface area contributed by atoms with E-state index in [0.717, 1.165) is 11.6 Å². The number of aliphatic hydroxyl groups excluding tert-OH is 1. The molecule has 100 valence electrons. The molecule has 3 rings (SSSR count). The van der Waals surface area contributed by atoms with Gasteiger partial charge >= 0.3 is 0 Å². The lowest BCUT2D eigenvalue weighted by atomic mass is 10.1. The van der Waals surface area contributed by atoms with Crippen LogP contribution in [0.15, 0.2) is 53.4 Å². The highest BCUT2D eigenvalue weighted by atomic mass is 16.5. The third-order valence-electron chi connectivity index (χ3n) is 2.86. The van der Waals surface area contributed by atoms with Crippen LogP contribution in [0.4, 0.5) is 5.69 Å². The number of ether oxygens (including phenoxy) is 1. The standard InChI is InChI=1S/C14H11N3O3/c1-20-14-13(11-4-2-3-7-17(11)16-14)15-10-6-5-9(18)8-12(10)19/h2-8,19H,1H3/b15-10+. The van der Waals surface area contributed by atoms with Crippen LogP contribution in [-0.2, 0) is 4.79 Å². The molecule has 6 nitrogen and oxygen atoms in total. The topological polar surface area (TPSA) is 76.2 Å². The van der Waals surface area contributed by atoms with E-state index in [1.807, 2.05) is 18.2 Å². The SMILES string of the molecule is COc1nn2ccccc2c1/N=C1\C=CC(=O)C=C1O. The van der Waals surface area contributed by atoms with Gasteiger partial charge in [-0.15, -0.1) is 5.10 Å². The first kappa shape index (κ1) is 12.2. The van der Waals surface area contributed by atoms with Crippen LogP contribution < -0.4 is 4.74 Å². The largest absolute Gasteiger partial charge is 0.506 e. The minimum Gasteiger partial charge on any atom is -0.506 e. The van der Waals surface area contributed by atoms with Gasteiger partial charge in [0.2, 0.25) is 0 Å². The highest BCUT2D eigenvalue weighted by Gasteiger charge is 2.16. The zero-order valence-electron chi connectivity index (χ0n) is 10.6. The number of hydrogen-bond donors (Lipinski definition) is 1. The molecule has 2 aromatic rings. The first-order valence-electron chi connectivity index (χ1n) is 5.92. The Kier molecular flexibility index (Phi) is 2.83. The Balaban J connectivity index is 2.17. The fourth-order valence-electron chi connectivity index (χ4n) is 1.92. The molecule has 1 N–H and O–H groups in total. The summed E-state index contributed by atoms with van der Waals surface area (Å²) in [5, 5.41) is 14.0. The summed E-state index contributed by atoms with van der Waals surface area (Å²) in [6, 6.07) is 5.54. The summed E-state index contributed by atoms with van der Waals surface area (Å²) in [6.07, 6.45) is 5.70. The molecule has 0 saturated carbocycles. The second kappa shape index (κ2) is 4.65. The minimum absolute atomic E-state index is 0.171. The number of rotatable bonds is 2. The number of aliphatic hydroxyl groups is 1. The van der Waals surface area contributed by atoms with Crippen LogP contribution in [0.1, 0.15) is 0 Å². The van der Waals surface area contributed by atoms with Gasteiger partial charge in [0.05, 0.1) is 12.6 Å². The molecular formula is C14H11N3O3. The number of allylic oxidation sites excluding steroid dienone is 3. The Morgan fingerprint density at radius 2 is 2.20 bits per heavy atom. The van der Waals surface area contributed by atoms with Crippen molar-refractivity contribution < 1.29 is 14.6 Å². The molecule has 0 bridgehead atoms. The van der Waals surface area contributed by atoms with Gasteiger partial charge in [0, 0.05) is 12.3 Å². The van der Waals surface area contributed by atoms with Crippen molar-refractivity contribution in [2.45, 2.75) is 0 Å². The Morgan fingerprint density at radius 3 is 2.95 bits per heavy atom. The van der Waals surface area contributed by atoms with Gasteiger partial charge in [-0.05, 0) is 24.3 Å². The second-order valence-electron chi connectivity index (χ2n) is 4.15. The monoisotopic (exact) mass is 269 g/mol. The third-order valence-corrected chi connectivity index (χ3v) is 2.86. The number of aliphatic imine (C=N–C) groups is 1. The first-order valence-corrected chi connectivity index (χ1v) is 5.92. The summed E-state index contributed by atoms with van der Waals surface area (Å²) in [6.45, 7) is 0. The van der Waals surface area contributed by atoms with Gasteiger partial charge in [-0.3, -0.25) is 4.79 Å². The molecule has 0 aliphatic heterocycles. The number of ketones is 1. The van der Waals surface area contributed by atoms with Crippen LogP contribution in [-0.4, -0.2) is 33.3 Å². The molecule has 2 aromatic heterocycles. The van der Waals surface area contributed by atoms with E-state index in [9.17, 15) is 9.90 Å². The number of nitrogens with zero attached hydrogens (tertiary/aromatic N) is 3. The molecule has 0 amide bonds. The van der Waals surface area contributed by atoms with Crippen molar-refractivity contribution in [2.75, 3.05) is 7.11 Å². The Hall–Kier alpha value is -2.89. The van der Waals surface area contributed by atoms with Gasteiger partial charge in [0.25, 0.3) is 5.88 Å². The molecule has 0 atom stereocenters. The molecule has 20 heavy (non-hydrogen) atoms. The van der Waals surface area contributed by atoms with Crippen molar-refractivity contribution in [3.05, 3.63) is 48.4 Å². The van der Waals surface area contributed by atoms with E-state index in [4.69, 9.17) is 4.74 Å². The maximum Gasteiger partial charge on any atom is 0.259 e. The number of aromatic nitrogens is 2. The summed E-state index contributed by atoms with van der Waals surface area (Å²) in [7, 11) is 1.50. The molecule has 1 aliphatic carbocycles. The van der Waals surface area contributed by atoms with E-state index in [-0.39, 0.29) is 11.5 Å². The summed E-state index contributed by atoms with van der Waals surface area (Å²) >= 11 is 0. The summed E-state index contributed by atoms with van der Waals surface area (Å²) < 4.78 is 6.83. The first-order chi connectivity index (χ1) is 9.69. The fraction of sp³-hybridized carbons (Fsp3) is 0.0714. The highest BCUT2D eigenvalue weighted by molar-refractivity contribution is 6.19. The minimum atomic E-state index is -0.270. The molecule has 0 spiro atoms. The predicted molar refractivity (Wildman–Crippen MR) is 73.7 cm³/mol. The van der Waals surface area contributed by atoms with E-state index < -0.39 is 0 Å². The van der Waals surface area contributed by atoms with E-state index in [0.29, 0.717) is 17.3 Å². The lowest BCUT2D eigenvalue weighted by Crippen LogP contribution is -2.07. The quantitative estimate of drug-likeness (QED) is 0.846. The summed E-state index contributed by atoms with van der Waals surface area (Å²) in [5.74, 6) is -0.0927. The number of hydrogen-bond acceptors (Lipinski definition) is 5. The number of fused-ring (bicyclic) bond motifs is 1. The van der Waals surface area contributed by atoms with Gasteiger partial charge in [0.15, 0.2) is 11.5 Å². The Bertz CT molecular complexity index is 784. The molecule has 1 aliphatic rings. The van der Waals surface area contributed by atoms with Gasteiger partial charge in [-0.2, -0.15) is 0 Å². The highest BCUT2D eigenvalue weighted by Crippen LogP contribution is 2.32. The average Bonchev–Trinajstić information content (AvgIpc) is 2.80. The van der Waals surface area contributed by atoms with Gasteiger partial charge in [-0.1, -0.05) is 6.07 Å². The van der Waals surface area contributed by atoms with E-state index in [1.54, 1.807) is 10.7 Å². The van der Waals surface area contributed by atoms with Crippen molar-refractivity contribution in [1.82, 2.24) is 9.61 Å². The smallest absolute Gasteiger partial charge is 0.259 e. The van der Waals surface area contributed by atoms with Crippen LogP contribution in [0.2, 0.25) is 0 Å². The molecule has 0 fully saturated rings. The van der Waals surface area contributed by atoms with Crippen molar-refractivity contribution in [3.8, 4) is 5.88 Å². The maximum absolute atomic E-state index is 11.1. The number of methoxy groups -OCH3 is 1. The van der Waals surface area contributed by atoms with E-state index in [2.05, 4.69) is 10.1 Å². The van der Waals surface area contributed by atoms with Gasteiger partial charge in [-0.25, -0.2) is 9.51 Å². The third kappa shape index (κ3) is 1.97. The molecule has 0 unspecified atom stereocenters. The van der Waals surface area contributed by atoms with Crippen molar-refractivity contribution in [2.24, 2.45) is 4.99 Å². The van der Waals surface area contributed by atoms with E-state index >= 15 is 0 Å². The number of carbonyl (C=O) groups excluding carboxylic acids is 1. The maximum atomic E-state index is 11.1. The normalized spacial score (nSPS) is 16.8. The van der Waals surface area contributed by atoms with Gasteiger partial charge in [0.1, 0.15) is 11.5 Å². The predicted octanol–water partition coefficient (Wildman–Crippen LogP) is 2.00. The van der Waals surface area contributed by atoms with Crippen molar-refractivity contribution >= 4 is 22.7 Å². The zero-order chi connectivity index (χ0) is 14.1. The second-order valence-corrected chi connectivity index (χ2v) is 4.15. The van der Waals surface area contributed by atoms with Crippen LogP contribution in [0, 0.1) is 0 Å². The molecule has 0 aromatic carbocycles. The molecule has 6 heteroatoms. The Labute approximate surface area is 114 Å². The number of pyridine rings is 1. The zero-order valence-corrected chi connectivity index (χ0v) is 10.6. The van der Waals surface area contributed by atoms with Crippen molar-refractivity contribution in [1.29, 1.82) is 0 Å².